The molecule has 0 spiro atoms. The Morgan fingerprint density at radius 2 is 1.85 bits per heavy atom. The summed E-state index contributed by atoms with van der Waals surface area (Å²) < 4.78 is 5.13. The number of anilines is 2. The van der Waals surface area contributed by atoms with Crippen LogP contribution in [0.25, 0.3) is 0 Å². The molecule has 1 heterocycles. The van der Waals surface area contributed by atoms with Crippen molar-refractivity contribution in [3.05, 3.63) is 59.7 Å². The van der Waals surface area contributed by atoms with Gasteiger partial charge in [0.05, 0.1) is 5.92 Å². The maximum Gasteiger partial charge on any atom is 0.311 e. The average Bonchev–Trinajstić information content (AvgIpc) is 3.06. The highest BCUT2D eigenvalue weighted by molar-refractivity contribution is 6.00. The summed E-state index contributed by atoms with van der Waals surface area (Å²) >= 11 is 0. The van der Waals surface area contributed by atoms with Crippen LogP contribution in [0.4, 0.5) is 11.4 Å². The van der Waals surface area contributed by atoms with Gasteiger partial charge in [0.25, 0.3) is 5.91 Å². The molecular formula is C21H22N2O4. The zero-order chi connectivity index (χ0) is 19.4. The average molecular weight is 366 g/mol. The lowest BCUT2D eigenvalue weighted by molar-refractivity contribution is -0.151. The van der Waals surface area contributed by atoms with Gasteiger partial charge in [-0.05, 0) is 43.2 Å². The monoisotopic (exact) mass is 366 g/mol. The molecule has 1 aliphatic rings. The number of benzene rings is 2. The first kappa shape index (κ1) is 18.6. The molecule has 1 atom stereocenters. The first-order chi connectivity index (χ1) is 13.0. The van der Waals surface area contributed by atoms with Gasteiger partial charge < -0.3 is 15.0 Å². The fourth-order valence-electron chi connectivity index (χ4n) is 3.05. The molecule has 27 heavy (non-hydrogen) atoms. The van der Waals surface area contributed by atoms with Crippen molar-refractivity contribution in [2.45, 2.75) is 20.3 Å². The van der Waals surface area contributed by atoms with E-state index in [1.807, 2.05) is 56.3 Å². The third-order valence-corrected chi connectivity index (χ3v) is 4.75. The largest absolute Gasteiger partial charge is 0.455 e. The first-order valence-electron chi connectivity index (χ1n) is 8.84. The molecule has 1 N–H and O–H groups in total. The van der Waals surface area contributed by atoms with E-state index in [1.54, 1.807) is 11.0 Å². The number of carbonyl (C=O) groups is 3. The van der Waals surface area contributed by atoms with E-state index in [4.69, 9.17) is 4.74 Å². The Kier molecular flexibility index (Phi) is 5.54. The molecule has 6 heteroatoms. The Morgan fingerprint density at radius 1 is 1.11 bits per heavy atom. The number of hydrogen-bond donors (Lipinski definition) is 1. The minimum atomic E-state index is -0.564. The molecule has 6 nitrogen and oxygen atoms in total. The van der Waals surface area contributed by atoms with Crippen LogP contribution < -0.4 is 10.2 Å². The van der Waals surface area contributed by atoms with Gasteiger partial charge in [0.2, 0.25) is 5.91 Å². The van der Waals surface area contributed by atoms with Crippen LogP contribution in [0, 0.1) is 19.8 Å². The zero-order valence-corrected chi connectivity index (χ0v) is 15.4. The number of nitrogens with zero attached hydrogens (tertiary/aromatic N) is 1. The Balaban J connectivity index is 1.53. The number of para-hydroxylation sites is 1. The third kappa shape index (κ3) is 4.34. The summed E-state index contributed by atoms with van der Waals surface area (Å²) in [5.74, 6) is -1.62. The zero-order valence-electron chi connectivity index (χ0n) is 15.4. The molecule has 0 aromatic heterocycles. The van der Waals surface area contributed by atoms with Gasteiger partial charge >= 0.3 is 5.97 Å². The predicted octanol–water partition coefficient (Wildman–Crippen LogP) is 2.84. The Bertz CT molecular complexity index is 864. The quantitative estimate of drug-likeness (QED) is 0.826. The van der Waals surface area contributed by atoms with Crippen LogP contribution >= 0.6 is 0 Å². The lowest BCUT2D eigenvalue weighted by Gasteiger charge is -2.16. The van der Waals surface area contributed by atoms with Crippen molar-refractivity contribution in [3.8, 4) is 0 Å². The van der Waals surface area contributed by atoms with E-state index in [9.17, 15) is 14.4 Å². The van der Waals surface area contributed by atoms with Gasteiger partial charge in [-0.1, -0.05) is 30.3 Å². The van der Waals surface area contributed by atoms with Crippen molar-refractivity contribution >= 4 is 29.2 Å². The molecule has 1 saturated heterocycles. The third-order valence-electron chi connectivity index (χ3n) is 4.75. The summed E-state index contributed by atoms with van der Waals surface area (Å²) in [6, 6.07) is 14.8. The lowest BCUT2D eigenvalue weighted by atomic mass is 10.1. The molecular weight excluding hydrogens is 344 g/mol. The van der Waals surface area contributed by atoms with E-state index in [0.29, 0.717) is 5.69 Å². The minimum Gasteiger partial charge on any atom is -0.455 e. The maximum absolute atomic E-state index is 12.3. The fraction of sp³-hybridized carbons (Fsp3) is 0.286. The molecule has 0 bridgehead atoms. The van der Waals surface area contributed by atoms with Gasteiger partial charge in [-0.3, -0.25) is 14.4 Å². The van der Waals surface area contributed by atoms with Crippen LogP contribution in [-0.4, -0.2) is 30.9 Å². The molecule has 2 amide bonds. The topological polar surface area (TPSA) is 75.7 Å². The molecule has 3 rings (SSSR count). The van der Waals surface area contributed by atoms with Crippen molar-refractivity contribution in [2.75, 3.05) is 23.4 Å². The normalized spacial score (nSPS) is 16.3. The van der Waals surface area contributed by atoms with Gasteiger partial charge in [0, 0.05) is 24.3 Å². The van der Waals surface area contributed by atoms with E-state index in [1.165, 1.54) is 0 Å². The van der Waals surface area contributed by atoms with Gasteiger partial charge in [-0.15, -0.1) is 0 Å². The maximum atomic E-state index is 12.3. The van der Waals surface area contributed by atoms with Crippen LogP contribution in [0.3, 0.4) is 0 Å². The number of ether oxygens (including phenoxy) is 1. The molecule has 1 fully saturated rings. The number of rotatable bonds is 5. The van der Waals surface area contributed by atoms with Crippen molar-refractivity contribution in [3.63, 3.8) is 0 Å². The molecule has 0 aliphatic carbocycles. The van der Waals surface area contributed by atoms with Crippen molar-refractivity contribution in [1.29, 1.82) is 0 Å². The number of carbonyl (C=O) groups excluding carboxylic acids is 3. The summed E-state index contributed by atoms with van der Waals surface area (Å²) in [6.45, 7) is 3.77. The number of nitrogens with one attached hydrogen (secondary N) is 1. The second kappa shape index (κ2) is 8.03. The van der Waals surface area contributed by atoms with E-state index < -0.39 is 17.8 Å². The van der Waals surface area contributed by atoms with Crippen LogP contribution in [0.1, 0.15) is 17.5 Å². The highest BCUT2D eigenvalue weighted by atomic mass is 16.5. The smallest absolute Gasteiger partial charge is 0.311 e. The minimum absolute atomic E-state index is 0.0896. The molecule has 0 saturated carbocycles. The van der Waals surface area contributed by atoms with Crippen molar-refractivity contribution in [2.24, 2.45) is 5.92 Å². The highest BCUT2D eigenvalue weighted by Gasteiger charge is 2.36. The van der Waals surface area contributed by atoms with E-state index >= 15 is 0 Å². The molecule has 140 valence electrons. The number of hydrogen-bond acceptors (Lipinski definition) is 4. The summed E-state index contributed by atoms with van der Waals surface area (Å²) in [7, 11) is 0. The SMILES string of the molecule is Cc1cccc(NC(=O)COC(=O)C2CC(=O)N(c3ccccc3)C2)c1C. The van der Waals surface area contributed by atoms with Gasteiger partial charge in [-0.2, -0.15) is 0 Å². The highest BCUT2D eigenvalue weighted by Crippen LogP contribution is 2.25. The molecule has 0 radical (unpaired) electrons. The number of esters is 1. The molecule has 2 aromatic rings. The standard InChI is InChI=1S/C21H22N2O4/c1-14-7-6-10-18(15(14)2)22-19(24)13-27-21(26)16-11-20(25)23(12-16)17-8-4-3-5-9-17/h3-10,16H,11-13H2,1-2H3,(H,22,24). The van der Waals surface area contributed by atoms with Crippen LogP contribution in [0.2, 0.25) is 0 Å². The van der Waals surface area contributed by atoms with Gasteiger partial charge in [0.15, 0.2) is 6.61 Å². The summed E-state index contributed by atoms with van der Waals surface area (Å²) in [5.41, 5.74) is 3.49. The summed E-state index contributed by atoms with van der Waals surface area (Å²) in [4.78, 5) is 38.1. The molecule has 2 aromatic carbocycles. The first-order valence-corrected chi connectivity index (χ1v) is 8.84. The van der Waals surface area contributed by atoms with Crippen LogP contribution in [0.15, 0.2) is 48.5 Å². The summed E-state index contributed by atoms with van der Waals surface area (Å²) in [5, 5.41) is 2.75. The number of aryl methyl sites for hydroxylation is 1. The predicted molar refractivity (Wildman–Crippen MR) is 102 cm³/mol. The van der Waals surface area contributed by atoms with E-state index in [0.717, 1.165) is 16.8 Å². The van der Waals surface area contributed by atoms with E-state index in [2.05, 4.69) is 5.32 Å². The molecule has 1 aliphatic heterocycles. The van der Waals surface area contributed by atoms with Crippen molar-refractivity contribution < 1.29 is 19.1 Å². The second-order valence-corrected chi connectivity index (χ2v) is 6.64. The second-order valence-electron chi connectivity index (χ2n) is 6.64. The van der Waals surface area contributed by atoms with Gasteiger partial charge in [-0.25, -0.2) is 0 Å². The van der Waals surface area contributed by atoms with Crippen LogP contribution in [-0.2, 0) is 19.1 Å². The fourth-order valence-corrected chi connectivity index (χ4v) is 3.05. The number of amides is 2. The van der Waals surface area contributed by atoms with Crippen LogP contribution in [0.5, 0.6) is 0 Å². The lowest BCUT2D eigenvalue weighted by Crippen LogP contribution is -2.28. The van der Waals surface area contributed by atoms with E-state index in [-0.39, 0.29) is 25.5 Å². The summed E-state index contributed by atoms with van der Waals surface area (Å²) in [6.07, 6.45) is 0.0896. The Hall–Kier alpha value is -3.15. The molecule has 1 unspecified atom stereocenters. The Labute approximate surface area is 158 Å². The Morgan fingerprint density at radius 3 is 2.59 bits per heavy atom. The van der Waals surface area contributed by atoms with Crippen molar-refractivity contribution in [1.82, 2.24) is 0 Å². The van der Waals surface area contributed by atoms with Gasteiger partial charge in [0.1, 0.15) is 0 Å².